The number of nitrogens with two attached hydrogens (primary N) is 1. The standard InChI is InChI=1S/C15H33N3O/c1-7-18(14(4)11-17(5)6)15(19)12(2)9-8-10-13(3)16/h12-14H,7-11,16H2,1-6H3. The van der Waals surface area contributed by atoms with Crippen LogP contribution in [0.5, 0.6) is 0 Å². The van der Waals surface area contributed by atoms with Crippen molar-refractivity contribution in [3.8, 4) is 0 Å². The summed E-state index contributed by atoms with van der Waals surface area (Å²) in [6.45, 7) is 9.92. The van der Waals surface area contributed by atoms with Gasteiger partial charge in [0.2, 0.25) is 5.91 Å². The van der Waals surface area contributed by atoms with Crippen LogP contribution in [-0.2, 0) is 4.79 Å². The Labute approximate surface area is 119 Å². The van der Waals surface area contributed by atoms with Crippen LogP contribution in [0.25, 0.3) is 0 Å². The van der Waals surface area contributed by atoms with Crippen molar-refractivity contribution < 1.29 is 4.79 Å². The number of hydrogen-bond acceptors (Lipinski definition) is 3. The minimum absolute atomic E-state index is 0.100. The van der Waals surface area contributed by atoms with E-state index < -0.39 is 0 Å². The Kier molecular flexibility index (Phi) is 9.02. The highest BCUT2D eigenvalue weighted by Gasteiger charge is 2.23. The van der Waals surface area contributed by atoms with E-state index in [1.165, 1.54) is 0 Å². The van der Waals surface area contributed by atoms with Gasteiger partial charge in [0.1, 0.15) is 0 Å². The highest BCUT2D eigenvalue weighted by Crippen LogP contribution is 2.14. The molecule has 2 N–H and O–H groups in total. The highest BCUT2D eigenvalue weighted by atomic mass is 16.2. The lowest BCUT2D eigenvalue weighted by molar-refractivity contribution is -0.137. The summed E-state index contributed by atoms with van der Waals surface area (Å²) in [5, 5.41) is 0. The van der Waals surface area contributed by atoms with Crippen LogP contribution in [-0.4, -0.2) is 55.0 Å². The van der Waals surface area contributed by atoms with Gasteiger partial charge in [-0.05, 0) is 47.7 Å². The maximum atomic E-state index is 12.4. The molecule has 1 amide bonds. The Bertz CT molecular complexity index is 254. The van der Waals surface area contributed by atoms with Crippen LogP contribution in [0.15, 0.2) is 0 Å². The number of rotatable bonds is 9. The summed E-state index contributed by atoms with van der Waals surface area (Å²) < 4.78 is 0. The second-order valence-electron chi connectivity index (χ2n) is 6.04. The smallest absolute Gasteiger partial charge is 0.225 e. The Morgan fingerprint density at radius 3 is 2.16 bits per heavy atom. The molecular weight excluding hydrogens is 238 g/mol. The van der Waals surface area contributed by atoms with Gasteiger partial charge in [-0.15, -0.1) is 0 Å². The number of carbonyl (C=O) groups is 1. The molecular formula is C15H33N3O. The molecule has 0 radical (unpaired) electrons. The van der Waals surface area contributed by atoms with Gasteiger partial charge in [0, 0.05) is 31.1 Å². The Hall–Kier alpha value is -0.610. The second kappa shape index (κ2) is 9.32. The SMILES string of the molecule is CCN(C(=O)C(C)CCCC(C)N)C(C)CN(C)C. The van der Waals surface area contributed by atoms with E-state index in [4.69, 9.17) is 5.73 Å². The molecule has 0 aromatic rings. The normalized spacial score (nSPS) is 16.2. The third-order valence-electron chi connectivity index (χ3n) is 3.50. The number of hydrogen-bond donors (Lipinski definition) is 1. The molecule has 3 unspecified atom stereocenters. The molecule has 3 atom stereocenters. The molecule has 19 heavy (non-hydrogen) atoms. The van der Waals surface area contributed by atoms with Gasteiger partial charge in [-0.25, -0.2) is 0 Å². The van der Waals surface area contributed by atoms with Gasteiger partial charge in [0.15, 0.2) is 0 Å². The second-order valence-corrected chi connectivity index (χ2v) is 6.04. The zero-order valence-electron chi connectivity index (χ0n) is 13.6. The van der Waals surface area contributed by atoms with Crippen molar-refractivity contribution in [1.29, 1.82) is 0 Å². The predicted molar refractivity (Wildman–Crippen MR) is 82.1 cm³/mol. The van der Waals surface area contributed by atoms with Crippen molar-refractivity contribution in [2.75, 3.05) is 27.2 Å². The first kappa shape index (κ1) is 18.4. The number of carbonyl (C=O) groups excluding carboxylic acids is 1. The number of likely N-dealkylation sites (N-methyl/N-ethyl adjacent to an activating group) is 2. The quantitative estimate of drug-likeness (QED) is 0.697. The van der Waals surface area contributed by atoms with E-state index in [0.717, 1.165) is 32.4 Å². The lowest BCUT2D eigenvalue weighted by Gasteiger charge is -2.32. The summed E-state index contributed by atoms with van der Waals surface area (Å²) in [5.41, 5.74) is 5.74. The lowest BCUT2D eigenvalue weighted by Crippen LogP contribution is -2.45. The number of nitrogens with zero attached hydrogens (tertiary/aromatic N) is 2. The van der Waals surface area contributed by atoms with Crippen LogP contribution in [0.3, 0.4) is 0 Å². The first-order valence-electron chi connectivity index (χ1n) is 7.50. The van der Waals surface area contributed by atoms with Crippen LogP contribution >= 0.6 is 0 Å². The molecule has 4 heteroatoms. The lowest BCUT2D eigenvalue weighted by atomic mass is 10.00. The van der Waals surface area contributed by atoms with E-state index in [2.05, 4.69) is 18.7 Å². The van der Waals surface area contributed by atoms with Gasteiger partial charge in [0.25, 0.3) is 0 Å². The molecule has 0 saturated heterocycles. The minimum Gasteiger partial charge on any atom is -0.339 e. The fourth-order valence-corrected chi connectivity index (χ4v) is 2.46. The molecule has 0 aromatic carbocycles. The summed E-state index contributed by atoms with van der Waals surface area (Å²) >= 11 is 0. The van der Waals surface area contributed by atoms with Crippen molar-refractivity contribution >= 4 is 5.91 Å². The Morgan fingerprint density at radius 1 is 1.16 bits per heavy atom. The molecule has 0 aliphatic rings. The van der Waals surface area contributed by atoms with Crippen LogP contribution in [0.4, 0.5) is 0 Å². The highest BCUT2D eigenvalue weighted by molar-refractivity contribution is 5.78. The zero-order chi connectivity index (χ0) is 15.0. The molecule has 0 saturated carbocycles. The maximum Gasteiger partial charge on any atom is 0.225 e. The topological polar surface area (TPSA) is 49.6 Å². The van der Waals surface area contributed by atoms with Gasteiger partial charge in [-0.3, -0.25) is 4.79 Å². The molecule has 0 spiro atoms. The molecule has 114 valence electrons. The minimum atomic E-state index is 0.100. The molecule has 0 aliphatic carbocycles. The van der Waals surface area contributed by atoms with Crippen molar-refractivity contribution in [3.05, 3.63) is 0 Å². The van der Waals surface area contributed by atoms with Crippen LogP contribution in [0.1, 0.15) is 47.0 Å². The Balaban J connectivity index is 4.32. The molecule has 0 aromatic heterocycles. The molecule has 4 nitrogen and oxygen atoms in total. The number of amides is 1. The summed E-state index contributed by atoms with van der Waals surface area (Å²) in [6, 6.07) is 0.501. The molecule has 0 bridgehead atoms. The average molecular weight is 271 g/mol. The zero-order valence-corrected chi connectivity index (χ0v) is 13.6. The van der Waals surface area contributed by atoms with E-state index in [1.807, 2.05) is 32.8 Å². The van der Waals surface area contributed by atoms with E-state index in [1.54, 1.807) is 0 Å². The Morgan fingerprint density at radius 2 is 1.74 bits per heavy atom. The predicted octanol–water partition coefficient (Wildman–Crippen LogP) is 1.94. The van der Waals surface area contributed by atoms with Gasteiger partial charge in [-0.1, -0.05) is 13.3 Å². The third kappa shape index (κ3) is 7.53. The van der Waals surface area contributed by atoms with Crippen molar-refractivity contribution in [3.63, 3.8) is 0 Å². The summed E-state index contributed by atoms with van der Waals surface area (Å²) in [4.78, 5) is 16.6. The monoisotopic (exact) mass is 271 g/mol. The molecule has 0 aliphatic heterocycles. The van der Waals surface area contributed by atoms with Crippen molar-refractivity contribution in [2.45, 2.75) is 59.0 Å². The molecule has 0 fully saturated rings. The summed E-state index contributed by atoms with van der Waals surface area (Å²) in [7, 11) is 4.09. The molecule has 0 rings (SSSR count). The molecule has 0 heterocycles. The van der Waals surface area contributed by atoms with Gasteiger partial charge in [0.05, 0.1) is 0 Å². The van der Waals surface area contributed by atoms with Gasteiger partial charge in [-0.2, -0.15) is 0 Å². The van der Waals surface area contributed by atoms with Crippen molar-refractivity contribution in [2.24, 2.45) is 11.7 Å². The van der Waals surface area contributed by atoms with Gasteiger partial charge >= 0.3 is 0 Å². The van der Waals surface area contributed by atoms with Gasteiger partial charge < -0.3 is 15.5 Å². The first-order valence-corrected chi connectivity index (χ1v) is 7.50. The van der Waals surface area contributed by atoms with E-state index >= 15 is 0 Å². The largest absolute Gasteiger partial charge is 0.339 e. The first-order chi connectivity index (χ1) is 8.79. The average Bonchev–Trinajstić information content (AvgIpc) is 2.27. The van der Waals surface area contributed by atoms with Crippen LogP contribution in [0, 0.1) is 5.92 Å². The fourth-order valence-electron chi connectivity index (χ4n) is 2.46. The summed E-state index contributed by atoms with van der Waals surface area (Å²) in [5.74, 6) is 0.379. The van der Waals surface area contributed by atoms with E-state index in [9.17, 15) is 4.79 Å². The third-order valence-corrected chi connectivity index (χ3v) is 3.50. The van der Waals surface area contributed by atoms with Crippen LogP contribution in [0.2, 0.25) is 0 Å². The maximum absolute atomic E-state index is 12.4. The van der Waals surface area contributed by atoms with Crippen LogP contribution < -0.4 is 5.73 Å². The van der Waals surface area contributed by atoms with Crippen molar-refractivity contribution in [1.82, 2.24) is 9.80 Å². The van der Waals surface area contributed by atoms with E-state index in [-0.39, 0.29) is 23.9 Å². The fraction of sp³-hybridized carbons (Fsp3) is 0.933. The van der Waals surface area contributed by atoms with E-state index in [0.29, 0.717) is 0 Å². The summed E-state index contributed by atoms with van der Waals surface area (Å²) in [6.07, 6.45) is 2.97.